The van der Waals surface area contributed by atoms with Crippen molar-refractivity contribution < 1.29 is 24.2 Å². The van der Waals surface area contributed by atoms with Crippen molar-refractivity contribution in [2.45, 2.75) is 88.8 Å². The maximum atomic E-state index is 13.0. The van der Waals surface area contributed by atoms with Crippen LogP contribution >= 0.6 is 0 Å². The molecule has 3 rings (SSSR count). The van der Waals surface area contributed by atoms with E-state index in [1.165, 1.54) is 24.9 Å². The first kappa shape index (κ1) is 21.1. The lowest BCUT2D eigenvalue weighted by molar-refractivity contribution is -0.163. The SMILES string of the molecule is COC(=O)[C@H]1[C@@H](O)CCCN1C(=O)C1CCC(NC(=O)CC2CCCC2)CC1. The second kappa shape index (κ2) is 9.72. The number of piperidine rings is 1. The zero-order valence-corrected chi connectivity index (χ0v) is 16.9. The van der Waals surface area contributed by atoms with Gasteiger partial charge in [-0.25, -0.2) is 4.79 Å². The lowest BCUT2D eigenvalue weighted by Gasteiger charge is -2.40. The van der Waals surface area contributed by atoms with Crippen molar-refractivity contribution in [3.63, 3.8) is 0 Å². The van der Waals surface area contributed by atoms with Gasteiger partial charge >= 0.3 is 5.97 Å². The lowest BCUT2D eigenvalue weighted by atomic mass is 9.84. The predicted molar refractivity (Wildman–Crippen MR) is 103 cm³/mol. The van der Waals surface area contributed by atoms with Crippen molar-refractivity contribution in [3.8, 4) is 0 Å². The van der Waals surface area contributed by atoms with Gasteiger partial charge in [0.25, 0.3) is 0 Å². The number of hydrogen-bond donors (Lipinski definition) is 2. The van der Waals surface area contributed by atoms with Gasteiger partial charge in [0.05, 0.1) is 13.2 Å². The molecule has 1 aliphatic heterocycles. The molecule has 0 unspecified atom stereocenters. The molecule has 3 aliphatic rings. The number of nitrogens with zero attached hydrogens (tertiary/aromatic N) is 1. The molecule has 2 saturated carbocycles. The van der Waals surface area contributed by atoms with Crippen LogP contribution < -0.4 is 5.32 Å². The van der Waals surface area contributed by atoms with Gasteiger partial charge in [0.1, 0.15) is 0 Å². The van der Waals surface area contributed by atoms with Gasteiger partial charge in [-0.05, 0) is 57.3 Å². The van der Waals surface area contributed by atoms with Crippen molar-refractivity contribution in [2.24, 2.45) is 11.8 Å². The van der Waals surface area contributed by atoms with E-state index in [0.717, 1.165) is 25.7 Å². The highest BCUT2D eigenvalue weighted by Crippen LogP contribution is 2.30. The molecule has 2 atom stereocenters. The third kappa shape index (κ3) is 5.04. The van der Waals surface area contributed by atoms with Crippen LogP contribution in [0.15, 0.2) is 0 Å². The van der Waals surface area contributed by atoms with E-state index in [0.29, 0.717) is 44.6 Å². The van der Waals surface area contributed by atoms with Crippen LogP contribution in [0.5, 0.6) is 0 Å². The summed E-state index contributed by atoms with van der Waals surface area (Å²) < 4.78 is 4.80. The minimum absolute atomic E-state index is 0.0649. The highest BCUT2D eigenvalue weighted by Gasteiger charge is 2.42. The van der Waals surface area contributed by atoms with E-state index in [9.17, 15) is 19.5 Å². The topological polar surface area (TPSA) is 95.9 Å². The fourth-order valence-electron chi connectivity index (χ4n) is 5.11. The van der Waals surface area contributed by atoms with Crippen LogP contribution in [0.25, 0.3) is 0 Å². The lowest BCUT2D eigenvalue weighted by Crippen LogP contribution is -2.57. The Labute approximate surface area is 167 Å². The second-order valence-electron chi connectivity index (χ2n) is 8.68. The molecular weight excluding hydrogens is 360 g/mol. The normalized spacial score (nSPS) is 31.4. The summed E-state index contributed by atoms with van der Waals surface area (Å²) in [5.41, 5.74) is 0. The Morgan fingerprint density at radius 1 is 1.00 bits per heavy atom. The second-order valence-corrected chi connectivity index (χ2v) is 8.68. The number of aliphatic hydroxyl groups excluding tert-OH is 1. The first-order valence-electron chi connectivity index (χ1n) is 10.8. The summed E-state index contributed by atoms with van der Waals surface area (Å²) in [6.45, 7) is 0.480. The summed E-state index contributed by atoms with van der Waals surface area (Å²) in [5, 5.41) is 13.4. The smallest absolute Gasteiger partial charge is 0.331 e. The molecule has 2 aliphatic carbocycles. The highest BCUT2D eigenvalue weighted by molar-refractivity contribution is 5.86. The first-order chi connectivity index (χ1) is 13.5. The molecule has 2 N–H and O–H groups in total. The summed E-state index contributed by atoms with van der Waals surface area (Å²) in [4.78, 5) is 38.8. The number of rotatable bonds is 5. The summed E-state index contributed by atoms with van der Waals surface area (Å²) in [6, 6.07) is -0.753. The summed E-state index contributed by atoms with van der Waals surface area (Å²) in [5.74, 6) is -0.0796. The van der Waals surface area contributed by atoms with E-state index < -0.39 is 18.1 Å². The summed E-state index contributed by atoms with van der Waals surface area (Å²) in [7, 11) is 1.28. The van der Waals surface area contributed by atoms with Gasteiger partial charge < -0.3 is 20.1 Å². The van der Waals surface area contributed by atoms with Crippen LogP contribution in [0.4, 0.5) is 0 Å². The molecule has 0 aromatic rings. The zero-order chi connectivity index (χ0) is 20.1. The molecule has 158 valence electrons. The highest BCUT2D eigenvalue weighted by atomic mass is 16.5. The van der Waals surface area contributed by atoms with Gasteiger partial charge in [0.2, 0.25) is 11.8 Å². The van der Waals surface area contributed by atoms with Gasteiger partial charge in [-0.15, -0.1) is 0 Å². The Morgan fingerprint density at radius 3 is 2.32 bits per heavy atom. The van der Waals surface area contributed by atoms with Crippen LogP contribution in [-0.2, 0) is 19.1 Å². The summed E-state index contributed by atoms with van der Waals surface area (Å²) >= 11 is 0. The van der Waals surface area contributed by atoms with E-state index in [4.69, 9.17) is 4.74 Å². The average molecular weight is 395 g/mol. The van der Waals surface area contributed by atoms with Crippen molar-refractivity contribution in [1.82, 2.24) is 10.2 Å². The molecule has 0 bridgehead atoms. The van der Waals surface area contributed by atoms with Crippen LogP contribution in [0, 0.1) is 11.8 Å². The van der Waals surface area contributed by atoms with Crippen LogP contribution in [-0.4, -0.2) is 59.6 Å². The molecule has 0 spiro atoms. The Kier molecular flexibility index (Phi) is 7.32. The molecule has 0 aromatic carbocycles. The molecule has 0 radical (unpaired) electrons. The van der Waals surface area contributed by atoms with Gasteiger partial charge in [-0.3, -0.25) is 9.59 Å². The summed E-state index contributed by atoms with van der Waals surface area (Å²) in [6.07, 6.45) is 8.74. The molecule has 7 nitrogen and oxygen atoms in total. The molecule has 7 heteroatoms. The van der Waals surface area contributed by atoms with E-state index in [-0.39, 0.29) is 23.8 Å². The van der Waals surface area contributed by atoms with Crippen LogP contribution in [0.1, 0.15) is 70.6 Å². The Hall–Kier alpha value is -1.63. The van der Waals surface area contributed by atoms with Crippen molar-refractivity contribution in [3.05, 3.63) is 0 Å². The largest absolute Gasteiger partial charge is 0.467 e. The zero-order valence-electron chi connectivity index (χ0n) is 16.9. The van der Waals surface area contributed by atoms with E-state index >= 15 is 0 Å². The molecule has 1 heterocycles. The van der Waals surface area contributed by atoms with Gasteiger partial charge in [-0.2, -0.15) is 0 Å². The molecule has 28 heavy (non-hydrogen) atoms. The number of carbonyl (C=O) groups excluding carboxylic acids is 3. The number of nitrogens with one attached hydrogen (secondary N) is 1. The number of esters is 1. The maximum Gasteiger partial charge on any atom is 0.331 e. The van der Waals surface area contributed by atoms with E-state index in [1.54, 1.807) is 0 Å². The molecule has 1 saturated heterocycles. The molecular formula is C21H34N2O5. The fourth-order valence-corrected chi connectivity index (χ4v) is 5.11. The number of amides is 2. The third-order valence-electron chi connectivity index (χ3n) is 6.72. The number of ether oxygens (including phenoxy) is 1. The van der Waals surface area contributed by atoms with Gasteiger partial charge in [0.15, 0.2) is 6.04 Å². The Balaban J connectivity index is 1.48. The minimum Gasteiger partial charge on any atom is -0.467 e. The van der Waals surface area contributed by atoms with Crippen LogP contribution in [0.3, 0.4) is 0 Å². The molecule has 3 fully saturated rings. The Morgan fingerprint density at radius 2 is 1.68 bits per heavy atom. The van der Waals surface area contributed by atoms with Gasteiger partial charge in [-0.1, -0.05) is 12.8 Å². The number of likely N-dealkylation sites (tertiary alicyclic amines) is 1. The molecule has 0 aromatic heterocycles. The predicted octanol–water partition coefficient (Wildman–Crippen LogP) is 1.77. The van der Waals surface area contributed by atoms with Gasteiger partial charge in [0, 0.05) is 24.9 Å². The molecule has 2 amide bonds. The number of hydrogen-bond acceptors (Lipinski definition) is 5. The fraction of sp³-hybridized carbons (Fsp3) is 0.857. The average Bonchev–Trinajstić information content (AvgIpc) is 3.20. The third-order valence-corrected chi connectivity index (χ3v) is 6.72. The van der Waals surface area contributed by atoms with Crippen molar-refractivity contribution >= 4 is 17.8 Å². The van der Waals surface area contributed by atoms with Crippen molar-refractivity contribution in [2.75, 3.05) is 13.7 Å². The monoisotopic (exact) mass is 394 g/mol. The standard InChI is InChI=1S/C21H34N2O5/c1-28-21(27)19-17(24)7-4-12-23(19)20(26)15-8-10-16(11-9-15)22-18(25)13-14-5-2-3-6-14/h14-17,19,24H,2-13H2,1H3,(H,22,25)/t15?,16?,17-,19+/m0/s1. The number of carbonyl (C=O) groups is 3. The number of aliphatic hydroxyl groups is 1. The van der Waals surface area contributed by atoms with E-state index in [2.05, 4.69) is 5.32 Å². The maximum absolute atomic E-state index is 13.0. The van der Waals surface area contributed by atoms with Crippen molar-refractivity contribution in [1.29, 1.82) is 0 Å². The van der Waals surface area contributed by atoms with E-state index in [1.807, 2.05) is 0 Å². The minimum atomic E-state index is -0.893. The quantitative estimate of drug-likeness (QED) is 0.693. The van der Waals surface area contributed by atoms with Crippen LogP contribution in [0.2, 0.25) is 0 Å². The Bertz CT molecular complexity index is 567. The first-order valence-corrected chi connectivity index (χ1v) is 10.8. The number of methoxy groups -OCH3 is 1.